The molecule has 0 unspecified atom stereocenters. The number of para-hydroxylation sites is 1. The third kappa shape index (κ3) is 2.51. The van der Waals surface area contributed by atoms with Gasteiger partial charge in [0.2, 0.25) is 5.78 Å². The monoisotopic (exact) mass is 326 g/mol. The Morgan fingerprint density at radius 2 is 2.05 bits per heavy atom. The largest absolute Gasteiger partial charge is 0.420 e. The molecule has 0 saturated carbocycles. The number of aliphatic hydroxyl groups is 1. The van der Waals surface area contributed by atoms with Crippen molar-refractivity contribution in [2.24, 2.45) is 0 Å². The summed E-state index contributed by atoms with van der Waals surface area (Å²) in [4.78, 5) is 18.9. The van der Waals surface area contributed by atoms with E-state index in [0.29, 0.717) is 10.9 Å². The lowest BCUT2D eigenvalue weighted by molar-refractivity contribution is -0.207. The summed E-state index contributed by atoms with van der Waals surface area (Å²) in [6.07, 6.45) is -6.00. The number of aliphatic hydroxyl groups excluding tert-OH is 1. The van der Waals surface area contributed by atoms with Crippen LogP contribution in [0.2, 0.25) is 0 Å². The van der Waals surface area contributed by atoms with E-state index in [4.69, 9.17) is 5.11 Å². The van der Waals surface area contributed by atoms with Crippen LogP contribution in [0.15, 0.2) is 35.8 Å². The number of thiazole rings is 1. The van der Waals surface area contributed by atoms with Crippen molar-refractivity contribution in [3.05, 3.63) is 52.1 Å². The summed E-state index contributed by atoms with van der Waals surface area (Å²) in [6.45, 7) is 0. The van der Waals surface area contributed by atoms with E-state index in [1.54, 1.807) is 24.3 Å². The fraction of sp³-hybridized carbons (Fsp3) is 0.143. The van der Waals surface area contributed by atoms with Gasteiger partial charge in [-0.1, -0.05) is 18.2 Å². The van der Waals surface area contributed by atoms with Crippen LogP contribution in [0.25, 0.3) is 10.9 Å². The van der Waals surface area contributed by atoms with Crippen molar-refractivity contribution in [3.8, 4) is 0 Å². The second-order valence-corrected chi connectivity index (χ2v) is 5.46. The van der Waals surface area contributed by atoms with Gasteiger partial charge in [-0.3, -0.25) is 4.79 Å². The lowest BCUT2D eigenvalue weighted by Gasteiger charge is -2.11. The van der Waals surface area contributed by atoms with Gasteiger partial charge in [-0.2, -0.15) is 13.2 Å². The zero-order chi connectivity index (χ0) is 15.9. The lowest BCUT2D eigenvalue weighted by atomic mass is 10.1. The predicted molar refractivity (Wildman–Crippen MR) is 74.9 cm³/mol. The molecule has 2 aromatic heterocycles. The number of nitrogens with zero attached hydrogens (tertiary/aromatic N) is 1. The Morgan fingerprint density at radius 1 is 1.32 bits per heavy atom. The van der Waals surface area contributed by atoms with E-state index < -0.39 is 23.8 Å². The van der Waals surface area contributed by atoms with E-state index in [9.17, 15) is 18.0 Å². The highest BCUT2D eigenvalue weighted by atomic mass is 32.1. The maximum Gasteiger partial charge on any atom is 0.420 e. The molecular formula is C14H9F3N2O2S. The molecular weight excluding hydrogens is 317 g/mol. The molecule has 22 heavy (non-hydrogen) atoms. The molecule has 2 N–H and O–H groups in total. The highest BCUT2D eigenvalue weighted by molar-refractivity contribution is 7.12. The number of fused-ring (bicyclic) bond motifs is 1. The van der Waals surface area contributed by atoms with Gasteiger partial charge in [-0.05, 0) is 6.07 Å². The maximum absolute atomic E-state index is 12.5. The minimum Gasteiger partial charge on any atom is -0.378 e. The fourth-order valence-electron chi connectivity index (χ4n) is 2.06. The number of aromatic nitrogens is 2. The molecule has 0 aliphatic rings. The molecule has 3 aromatic rings. The second kappa shape index (κ2) is 5.22. The van der Waals surface area contributed by atoms with Crippen molar-refractivity contribution < 1.29 is 23.1 Å². The summed E-state index contributed by atoms with van der Waals surface area (Å²) < 4.78 is 37.4. The van der Waals surface area contributed by atoms with Gasteiger partial charge in [0, 0.05) is 22.5 Å². The summed E-state index contributed by atoms with van der Waals surface area (Å²) in [5.41, 5.74) is 0.511. The van der Waals surface area contributed by atoms with Crippen molar-refractivity contribution in [1.82, 2.24) is 9.97 Å². The predicted octanol–water partition coefficient (Wildman–Crippen LogP) is 3.45. The van der Waals surface area contributed by atoms with Gasteiger partial charge in [0.15, 0.2) is 11.1 Å². The molecule has 0 aliphatic carbocycles. The number of H-pyrrole nitrogens is 1. The van der Waals surface area contributed by atoms with Gasteiger partial charge in [-0.25, -0.2) is 4.98 Å². The molecule has 1 aromatic carbocycles. The molecule has 1 atom stereocenters. The average Bonchev–Trinajstić information content (AvgIpc) is 3.12. The summed E-state index contributed by atoms with van der Waals surface area (Å²) in [5.74, 6) is -0.483. The van der Waals surface area contributed by atoms with Crippen LogP contribution >= 0.6 is 11.3 Å². The Hall–Kier alpha value is -2.19. The molecule has 2 heterocycles. The lowest BCUT2D eigenvalue weighted by Crippen LogP contribution is -2.20. The van der Waals surface area contributed by atoms with E-state index in [1.807, 2.05) is 0 Å². The van der Waals surface area contributed by atoms with Gasteiger partial charge < -0.3 is 10.1 Å². The molecule has 114 valence electrons. The van der Waals surface area contributed by atoms with Crippen LogP contribution in [0.5, 0.6) is 0 Å². The molecule has 0 bridgehead atoms. The molecule has 0 amide bonds. The zero-order valence-electron chi connectivity index (χ0n) is 10.9. The number of halogens is 3. The first-order valence-electron chi connectivity index (χ1n) is 6.19. The number of aromatic amines is 1. The Kier molecular flexibility index (Phi) is 3.50. The first-order chi connectivity index (χ1) is 10.4. The zero-order valence-corrected chi connectivity index (χ0v) is 11.7. The molecule has 8 heteroatoms. The van der Waals surface area contributed by atoms with Crippen molar-refractivity contribution in [2.75, 3.05) is 0 Å². The first-order valence-corrected chi connectivity index (χ1v) is 7.07. The van der Waals surface area contributed by atoms with E-state index in [0.717, 1.165) is 22.2 Å². The highest BCUT2D eigenvalue weighted by Crippen LogP contribution is 2.33. The van der Waals surface area contributed by atoms with Crippen molar-refractivity contribution in [2.45, 2.75) is 12.3 Å². The highest BCUT2D eigenvalue weighted by Gasteiger charge is 2.41. The topological polar surface area (TPSA) is 66.0 Å². The third-order valence-corrected chi connectivity index (χ3v) is 4.00. The number of ketones is 1. The molecule has 4 nitrogen and oxygen atoms in total. The summed E-state index contributed by atoms with van der Waals surface area (Å²) in [6, 6.07) is 7.08. The van der Waals surface area contributed by atoms with Gasteiger partial charge >= 0.3 is 6.18 Å². The van der Waals surface area contributed by atoms with Gasteiger partial charge in [-0.15, -0.1) is 11.3 Å². The number of nitrogens with one attached hydrogen (secondary N) is 1. The van der Waals surface area contributed by atoms with E-state index in [-0.39, 0.29) is 5.01 Å². The Morgan fingerprint density at radius 3 is 2.77 bits per heavy atom. The Bertz CT molecular complexity index is 838. The number of carbonyl (C=O) groups is 1. The minimum absolute atomic E-state index is 0.0944. The molecule has 0 aliphatic heterocycles. The number of benzene rings is 1. The van der Waals surface area contributed by atoms with Gasteiger partial charge in [0.05, 0.1) is 11.3 Å². The Labute approximate surface area is 126 Å². The number of alkyl halides is 3. The molecule has 0 fully saturated rings. The smallest absolute Gasteiger partial charge is 0.378 e. The molecule has 0 spiro atoms. The van der Waals surface area contributed by atoms with Crippen LogP contribution in [0, 0.1) is 0 Å². The van der Waals surface area contributed by atoms with E-state index >= 15 is 0 Å². The first kappa shape index (κ1) is 14.7. The van der Waals surface area contributed by atoms with Crippen LogP contribution < -0.4 is 0 Å². The number of rotatable bonds is 3. The minimum atomic E-state index is -4.81. The SMILES string of the molecule is O=C(c1nc([C@H](O)C(F)(F)F)cs1)c1c[nH]c2ccccc12. The Balaban J connectivity index is 1.95. The normalized spacial score (nSPS) is 13.5. The average molecular weight is 326 g/mol. The fourth-order valence-corrected chi connectivity index (χ4v) is 2.85. The number of hydrogen-bond donors (Lipinski definition) is 2. The van der Waals surface area contributed by atoms with E-state index in [2.05, 4.69) is 9.97 Å². The molecule has 3 rings (SSSR count). The van der Waals surface area contributed by atoms with Crippen LogP contribution in [-0.2, 0) is 0 Å². The number of carbonyl (C=O) groups excluding carboxylic acids is 1. The molecule has 0 saturated heterocycles. The third-order valence-electron chi connectivity index (χ3n) is 3.14. The van der Waals surface area contributed by atoms with Crippen molar-refractivity contribution >= 4 is 28.0 Å². The standard InChI is InChI=1S/C14H9F3N2O2S/c15-14(16,17)12(21)10-6-22-13(19-10)11(20)8-5-18-9-4-2-1-3-7(8)9/h1-6,12,18,21H/t12-/m0/s1. The second-order valence-electron chi connectivity index (χ2n) is 4.60. The summed E-state index contributed by atoms with van der Waals surface area (Å²) >= 11 is 0.774. The van der Waals surface area contributed by atoms with Crippen LogP contribution in [-0.4, -0.2) is 27.0 Å². The van der Waals surface area contributed by atoms with Crippen molar-refractivity contribution in [1.29, 1.82) is 0 Å². The van der Waals surface area contributed by atoms with Crippen LogP contribution in [0.4, 0.5) is 13.2 Å². The van der Waals surface area contributed by atoms with Crippen LogP contribution in [0.1, 0.15) is 27.2 Å². The number of hydrogen-bond acceptors (Lipinski definition) is 4. The summed E-state index contributed by atoms with van der Waals surface area (Å²) in [7, 11) is 0. The quantitative estimate of drug-likeness (QED) is 0.725. The summed E-state index contributed by atoms with van der Waals surface area (Å²) in [5, 5.41) is 10.8. The maximum atomic E-state index is 12.5. The van der Waals surface area contributed by atoms with E-state index in [1.165, 1.54) is 6.20 Å². The van der Waals surface area contributed by atoms with Gasteiger partial charge in [0.1, 0.15) is 0 Å². The van der Waals surface area contributed by atoms with Crippen LogP contribution in [0.3, 0.4) is 0 Å². The molecule has 0 radical (unpaired) electrons. The van der Waals surface area contributed by atoms with Gasteiger partial charge in [0.25, 0.3) is 0 Å². The van der Waals surface area contributed by atoms with Crippen molar-refractivity contribution in [3.63, 3.8) is 0 Å².